The smallest absolute Gasteiger partial charge is 0.224 e. The molecule has 1 aliphatic heterocycles. The molecule has 1 aliphatic carbocycles. The van der Waals surface area contributed by atoms with Crippen LogP contribution in [0.3, 0.4) is 0 Å². The number of aromatic nitrogens is 1. The molecule has 2 aliphatic rings. The maximum atomic E-state index is 12.4. The molecule has 0 spiro atoms. The Morgan fingerprint density at radius 2 is 2.09 bits per heavy atom. The van der Waals surface area contributed by atoms with Gasteiger partial charge < -0.3 is 14.8 Å². The number of carbonyl (C=O) groups excluding carboxylic acids is 2. The van der Waals surface area contributed by atoms with E-state index in [1.807, 2.05) is 24.2 Å². The molecule has 0 bridgehead atoms. The summed E-state index contributed by atoms with van der Waals surface area (Å²) in [6.45, 7) is 1.27. The van der Waals surface area contributed by atoms with Gasteiger partial charge >= 0.3 is 0 Å². The molecule has 1 aromatic heterocycles. The van der Waals surface area contributed by atoms with Gasteiger partial charge in [-0.3, -0.25) is 9.59 Å². The van der Waals surface area contributed by atoms with Gasteiger partial charge in [-0.25, -0.2) is 0 Å². The number of carbonyl (C=O) groups is 2. The van der Waals surface area contributed by atoms with Gasteiger partial charge in [-0.2, -0.15) is 0 Å². The van der Waals surface area contributed by atoms with E-state index < -0.39 is 0 Å². The molecule has 0 unspecified atom stereocenters. The monoisotopic (exact) mass is 317 g/mol. The lowest BCUT2D eigenvalue weighted by Crippen LogP contribution is -2.49. The van der Waals surface area contributed by atoms with E-state index in [0.29, 0.717) is 32.0 Å². The lowest BCUT2D eigenvalue weighted by molar-refractivity contribution is -0.140. The Hall–Kier alpha value is -1.78. The molecular formula is C18H27N3O2. The van der Waals surface area contributed by atoms with Crippen molar-refractivity contribution in [1.29, 1.82) is 0 Å². The minimum absolute atomic E-state index is 0.0401. The Bertz CT molecular complexity index is 560. The first-order chi connectivity index (χ1) is 11.1. The quantitative estimate of drug-likeness (QED) is 0.901. The molecule has 0 aromatic carbocycles. The standard InChI is InChI=1S/C18H27N3O2/c1-20-12-4-7-15(20)10-11-19-18(23)14-8-9-17(22)21(13-14)16-5-2-3-6-16/h4,7,12,14,16H,2-3,5-6,8-11,13H2,1H3,(H,19,23)/t14-/m1/s1. The van der Waals surface area contributed by atoms with Gasteiger partial charge in [0.05, 0.1) is 5.92 Å². The van der Waals surface area contributed by atoms with E-state index in [9.17, 15) is 9.59 Å². The summed E-state index contributed by atoms with van der Waals surface area (Å²) in [6, 6.07) is 4.47. The van der Waals surface area contributed by atoms with Crippen molar-refractivity contribution in [3.05, 3.63) is 24.0 Å². The first-order valence-electron chi connectivity index (χ1n) is 8.82. The Morgan fingerprint density at radius 3 is 2.78 bits per heavy atom. The highest BCUT2D eigenvalue weighted by molar-refractivity contribution is 5.84. The largest absolute Gasteiger partial charge is 0.355 e. The molecule has 3 rings (SSSR count). The van der Waals surface area contributed by atoms with Crippen LogP contribution in [-0.2, 0) is 23.1 Å². The second kappa shape index (κ2) is 7.20. The zero-order valence-corrected chi connectivity index (χ0v) is 14.0. The third-order valence-corrected chi connectivity index (χ3v) is 5.31. The number of nitrogens with one attached hydrogen (secondary N) is 1. The molecule has 1 saturated carbocycles. The van der Waals surface area contributed by atoms with Gasteiger partial charge in [0.15, 0.2) is 0 Å². The van der Waals surface area contributed by atoms with Crippen LogP contribution in [0.25, 0.3) is 0 Å². The van der Waals surface area contributed by atoms with E-state index >= 15 is 0 Å². The van der Waals surface area contributed by atoms with Crippen LogP contribution < -0.4 is 5.32 Å². The minimum Gasteiger partial charge on any atom is -0.355 e. The highest BCUT2D eigenvalue weighted by Gasteiger charge is 2.34. The van der Waals surface area contributed by atoms with Crippen molar-refractivity contribution in [2.45, 2.75) is 51.0 Å². The van der Waals surface area contributed by atoms with Gasteiger partial charge in [-0.15, -0.1) is 0 Å². The van der Waals surface area contributed by atoms with Gasteiger partial charge in [0.1, 0.15) is 0 Å². The number of nitrogens with zero attached hydrogens (tertiary/aromatic N) is 2. The van der Waals surface area contributed by atoms with E-state index in [4.69, 9.17) is 0 Å². The predicted octanol–water partition coefficient (Wildman–Crippen LogP) is 1.86. The molecule has 126 valence electrons. The van der Waals surface area contributed by atoms with Gasteiger partial charge in [0.2, 0.25) is 11.8 Å². The van der Waals surface area contributed by atoms with Crippen LogP contribution in [0.1, 0.15) is 44.2 Å². The van der Waals surface area contributed by atoms with Crippen molar-refractivity contribution in [3.8, 4) is 0 Å². The van der Waals surface area contributed by atoms with Gasteiger partial charge in [0, 0.05) is 50.9 Å². The maximum Gasteiger partial charge on any atom is 0.224 e. The molecule has 0 radical (unpaired) electrons. The molecule has 5 nitrogen and oxygen atoms in total. The van der Waals surface area contributed by atoms with Crippen LogP contribution in [0.4, 0.5) is 0 Å². The molecule has 2 amide bonds. The first kappa shape index (κ1) is 16.1. The molecular weight excluding hydrogens is 290 g/mol. The molecule has 23 heavy (non-hydrogen) atoms. The topological polar surface area (TPSA) is 54.3 Å². The number of piperidine rings is 1. The van der Waals surface area contributed by atoms with Crippen molar-refractivity contribution < 1.29 is 9.59 Å². The van der Waals surface area contributed by atoms with Gasteiger partial charge in [0.25, 0.3) is 0 Å². The molecule has 1 saturated heterocycles. The second-order valence-corrected chi connectivity index (χ2v) is 6.87. The zero-order chi connectivity index (χ0) is 16.2. The molecule has 5 heteroatoms. The van der Waals surface area contributed by atoms with E-state index in [0.717, 1.165) is 19.3 Å². The van der Waals surface area contributed by atoms with E-state index in [1.54, 1.807) is 0 Å². The Kier molecular flexibility index (Phi) is 5.03. The number of hydrogen-bond donors (Lipinski definition) is 1. The van der Waals surface area contributed by atoms with Crippen LogP contribution in [-0.4, -0.2) is 40.4 Å². The Morgan fingerprint density at radius 1 is 1.30 bits per heavy atom. The second-order valence-electron chi connectivity index (χ2n) is 6.87. The molecule has 1 atom stereocenters. The summed E-state index contributed by atoms with van der Waals surface area (Å²) in [4.78, 5) is 26.6. The molecule has 1 aromatic rings. The summed E-state index contributed by atoms with van der Waals surface area (Å²) < 4.78 is 2.08. The van der Waals surface area contributed by atoms with Gasteiger partial charge in [-0.1, -0.05) is 12.8 Å². The highest BCUT2D eigenvalue weighted by atomic mass is 16.2. The van der Waals surface area contributed by atoms with Crippen molar-refractivity contribution in [2.24, 2.45) is 13.0 Å². The van der Waals surface area contributed by atoms with Crippen LogP contribution in [0, 0.1) is 5.92 Å². The lowest BCUT2D eigenvalue weighted by atomic mass is 9.95. The van der Waals surface area contributed by atoms with Crippen molar-refractivity contribution in [3.63, 3.8) is 0 Å². The molecule has 2 fully saturated rings. The lowest BCUT2D eigenvalue weighted by Gasteiger charge is -2.36. The summed E-state index contributed by atoms with van der Waals surface area (Å²) in [7, 11) is 2.02. The normalized spacial score (nSPS) is 22.6. The number of hydrogen-bond acceptors (Lipinski definition) is 2. The minimum atomic E-state index is -0.0401. The number of aryl methyl sites for hydroxylation is 1. The number of likely N-dealkylation sites (tertiary alicyclic amines) is 1. The fourth-order valence-electron chi connectivity index (χ4n) is 3.87. The Labute approximate surface area is 138 Å². The number of rotatable bonds is 5. The third-order valence-electron chi connectivity index (χ3n) is 5.31. The average Bonchev–Trinajstić information content (AvgIpc) is 3.20. The summed E-state index contributed by atoms with van der Waals surface area (Å²) >= 11 is 0. The summed E-state index contributed by atoms with van der Waals surface area (Å²) in [5.74, 6) is 0.307. The number of amides is 2. The molecule has 2 heterocycles. The van der Waals surface area contributed by atoms with Crippen molar-refractivity contribution in [2.75, 3.05) is 13.1 Å². The van der Waals surface area contributed by atoms with Crippen LogP contribution >= 0.6 is 0 Å². The zero-order valence-electron chi connectivity index (χ0n) is 14.0. The fourth-order valence-corrected chi connectivity index (χ4v) is 3.87. The summed E-state index contributed by atoms with van der Waals surface area (Å²) in [6.07, 6.45) is 8.70. The third kappa shape index (κ3) is 3.77. The van der Waals surface area contributed by atoms with E-state index in [2.05, 4.69) is 16.0 Å². The summed E-state index contributed by atoms with van der Waals surface area (Å²) in [5, 5.41) is 3.05. The Balaban J connectivity index is 1.49. The predicted molar refractivity (Wildman–Crippen MR) is 88.8 cm³/mol. The highest BCUT2D eigenvalue weighted by Crippen LogP contribution is 2.28. The van der Waals surface area contributed by atoms with Crippen LogP contribution in [0.15, 0.2) is 18.3 Å². The summed E-state index contributed by atoms with van der Waals surface area (Å²) in [5.41, 5.74) is 1.22. The average molecular weight is 317 g/mol. The van der Waals surface area contributed by atoms with Crippen molar-refractivity contribution in [1.82, 2.24) is 14.8 Å². The van der Waals surface area contributed by atoms with Crippen molar-refractivity contribution >= 4 is 11.8 Å². The van der Waals surface area contributed by atoms with Gasteiger partial charge in [-0.05, 0) is 31.4 Å². The fraction of sp³-hybridized carbons (Fsp3) is 0.667. The van der Waals surface area contributed by atoms with Crippen LogP contribution in [0.2, 0.25) is 0 Å². The van der Waals surface area contributed by atoms with Crippen LogP contribution in [0.5, 0.6) is 0 Å². The van der Waals surface area contributed by atoms with E-state index in [1.165, 1.54) is 18.5 Å². The van der Waals surface area contributed by atoms with E-state index in [-0.39, 0.29) is 17.7 Å². The first-order valence-corrected chi connectivity index (χ1v) is 8.82. The maximum absolute atomic E-state index is 12.4. The molecule has 1 N–H and O–H groups in total. The SMILES string of the molecule is Cn1cccc1CCNC(=O)[C@@H]1CCC(=O)N(C2CCCC2)C1.